The van der Waals surface area contributed by atoms with Crippen molar-refractivity contribution < 1.29 is 9.53 Å². The molecule has 1 aliphatic heterocycles. The van der Waals surface area contributed by atoms with E-state index in [0.29, 0.717) is 6.61 Å². The van der Waals surface area contributed by atoms with E-state index in [-0.39, 0.29) is 0 Å². The summed E-state index contributed by atoms with van der Waals surface area (Å²) in [5.41, 5.74) is 4.43. The predicted octanol–water partition coefficient (Wildman–Crippen LogP) is 5.39. The summed E-state index contributed by atoms with van der Waals surface area (Å²) in [7, 11) is 1.88. The van der Waals surface area contributed by atoms with E-state index < -0.39 is 0 Å². The number of nitrogens with zero attached hydrogens (tertiary/aromatic N) is 4. The lowest BCUT2D eigenvalue weighted by Crippen LogP contribution is -2.07. The van der Waals surface area contributed by atoms with Crippen LogP contribution in [0.5, 0.6) is 5.75 Å². The zero-order chi connectivity index (χ0) is 23.4. The van der Waals surface area contributed by atoms with Gasteiger partial charge in [0.2, 0.25) is 0 Å². The molecule has 0 amide bonds. The number of aldehydes is 1. The molecule has 0 atom stereocenters. The third kappa shape index (κ3) is 4.49. The van der Waals surface area contributed by atoms with Gasteiger partial charge in [0, 0.05) is 29.8 Å². The molecule has 2 N–H and O–H groups in total. The number of thiazole rings is 1. The molecule has 0 unspecified atom stereocenters. The Labute approximate surface area is 204 Å². The SMILES string of the molecule is CC=O.CCNc1ccc(-c2nn(-c3ccccc3Br)c3c2OCc2nc(NC)sc2-3)cn1. The number of aromatic nitrogens is 4. The maximum absolute atomic E-state index is 8.81. The van der Waals surface area contributed by atoms with Gasteiger partial charge in [-0.25, -0.2) is 14.6 Å². The van der Waals surface area contributed by atoms with E-state index in [4.69, 9.17) is 14.6 Å². The molecule has 0 fully saturated rings. The van der Waals surface area contributed by atoms with Crippen molar-refractivity contribution in [1.29, 1.82) is 0 Å². The second-order valence-corrected chi connectivity index (χ2v) is 8.77. The van der Waals surface area contributed by atoms with Crippen LogP contribution < -0.4 is 15.4 Å². The van der Waals surface area contributed by atoms with E-state index in [9.17, 15) is 0 Å². The number of halogens is 1. The molecule has 33 heavy (non-hydrogen) atoms. The number of hydrogen-bond donors (Lipinski definition) is 2. The maximum atomic E-state index is 8.81. The van der Waals surface area contributed by atoms with Gasteiger partial charge in [0.1, 0.15) is 35.8 Å². The second kappa shape index (κ2) is 10.1. The lowest BCUT2D eigenvalue weighted by Gasteiger charge is -2.15. The van der Waals surface area contributed by atoms with Gasteiger partial charge in [0.05, 0.1) is 10.6 Å². The van der Waals surface area contributed by atoms with E-state index in [1.165, 1.54) is 6.92 Å². The Kier molecular flexibility index (Phi) is 7.05. The average Bonchev–Trinajstić information content (AvgIpc) is 3.42. The minimum atomic E-state index is 0.415. The normalized spacial score (nSPS) is 11.4. The molecule has 0 bridgehead atoms. The first-order chi connectivity index (χ1) is 16.1. The standard InChI is InChI=1S/C21H19BrN6OS.C2H4O/c1-3-24-16-9-8-12(10-25-16)17-19-18(20-14(11-29-19)26-21(23-2)30-20)28(27-17)15-7-5-4-6-13(15)22;1-2-3/h4-10H,3,11H2,1-2H3,(H,23,26)(H,24,25);2H,1H3. The van der Waals surface area contributed by atoms with Gasteiger partial charge in [-0.1, -0.05) is 23.5 Å². The third-order valence-corrected chi connectivity index (χ3v) is 6.59. The van der Waals surface area contributed by atoms with Crippen molar-refractivity contribution in [1.82, 2.24) is 19.7 Å². The molecule has 1 aromatic carbocycles. The lowest BCUT2D eigenvalue weighted by molar-refractivity contribution is -0.106. The summed E-state index contributed by atoms with van der Waals surface area (Å²) in [6.07, 6.45) is 2.58. The zero-order valence-corrected chi connectivity index (χ0v) is 20.8. The topological polar surface area (TPSA) is 94.0 Å². The Bertz CT molecular complexity index is 1270. The van der Waals surface area contributed by atoms with Gasteiger partial charge in [0.15, 0.2) is 10.9 Å². The van der Waals surface area contributed by atoms with Crippen LogP contribution in [-0.2, 0) is 11.4 Å². The molecular formula is C23H23BrN6O2S. The summed E-state index contributed by atoms with van der Waals surface area (Å²) in [5, 5.41) is 12.2. The molecule has 0 saturated heterocycles. The molecular weight excluding hydrogens is 504 g/mol. The fraction of sp³-hybridized carbons (Fsp3) is 0.217. The molecule has 0 radical (unpaired) electrons. The highest BCUT2D eigenvalue weighted by Crippen LogP contribution is 2.48. The Balaban J connectivity index is 0.000000821. The molecule has 0 aliphatic carbocycles. The Morgan fingerprint density at radius 2 is 2.06 bits per heavy atom. The molecule has 3 aromatic heterocycles. The highest BCUT2D eigenvalue weighted by Gasteiger charge is 2.31. The zero-order valence-electron chi connectivity index (χ0n) is 18.4. The van der Waals surface area contributed by atoms with Crippen molar-refractivity contribution in [3.8, 4) is 33.3 Å². The van der Waals surface area contributed by atoms with E-state index >= 15 is 0 Å². The van der Waals surface area contributed by atoms with Gasteiger partial charge in [-0.15, -0.1) is 0 Å². The van der Waals surface area contributed by atoms with Crippen LogP contribution in [0.3, 0.4) is 0 Å². The molecule has 4 heterocycles. The lowest BCUT2D eigenvalue weighted by atomic mass is 10.1. The van der Waals surface area contributed by atoms with E-state index in [1.807, 2.05) is 61.2 Å². The van der Waals surface area contributed by atoms with Crippen molar-refractivity contribution in [2.75, 3.05) is 24.2 Å². The van der Waals surface area contributed by atoms with Crippen LogP contribution in [0.2, 0.25) is 0 Å². The average molecular weight is 527 g/mol. The van der Waals surface area contributed by atoms with Crippen molar-refractivity contribution in [2.24, 2.45) is 0 Å². The first-order valence-electron chi connectivity index (χ1n) is 10.4. The van der Waals surface area contributed by atoms with Crippen LogP contribution in [0.1, 0.15) is 19.5 Å². The quantitative estimate of drug-likeness (QED) is 0.336. The molecule has 0 spiro atoms. The van der Waals surface area contributed by atoms with Crippen LogP contribution in [0.25, 0.3) is 27.5 Å². The van der Waals surface area contributed by atoms with Gasteiger partial charge in [-0.05, 0) is 54.0 Å². The van der Waals surface area contributed by atoms with E-state index in [2.05, 4.69) is 36.5 Å². The Morgan fingerprint density at radius 1 is 1.27 bits per heavy atom. The Morgan fingerprint density at radius 3 is 2.73 bits per heavy atom. The number of carbonyl (C=O) groups excluding carboxylic acids is 1. The van der Waals surface area contributed by atoms with Crippen molar-refractivity contribution in [3.63, 3.8) is 0 Å². The molecule has 4 aromatic rings. The number of carbonyl (C=O) groups is 1. The Hall–Kier alpha value is -3.24. The summed E-state index contributed by atoms with van der Waals surface area (Å²) in [5.74, 6) is 1.59. The van der Waals surface area contributed by atoms with E-state index in [1.54, 1.807) is 11.3 Å². The van der Waals surface area contributed by atoms with Crippen LogP contribution in [0.4, 0.5) is 10.9 Å². The number of para-hydroxylation sites is 1. The highest BCUT2D eigenvalue weighted by atomic mass is 79.9. The van der Waals surface area contributed by atoms with Crippen LogP contribution >= 0.6 is 27.3 Å². The predicted molar refractivity (Wildman–Crippen MR) is 135 cm³/mol. The number of nitrogens with one attached hydrogen (secondary N) is 2. The van der Waals surface area contributed by atoms with Crippen LogP contribution in [0, 0.1) is 0 Å². The fourth-order valence-electron chi connectivity index (χ4n) is 3.43. The summed E-state index contributed by atoms with van der Waals surface area (Å²) < 4.78 is 9.07. The number of hydrogen-bond acceptors (Lipinski definition) is 8. The molecule has 5 rings (SSSR count). The number of benzene rings is 1. The number of pyridine rings is 1. The van der Waals surface area contributed by atoms with Crippen LogP contribution in [0.15, 0.2) is 47.1 Å². The summed E-state index contributed by atoms with van der Waals surface area (Å²) in [4.78, 5) is 19.0. The smallest absolute Gasteiger partial charge is 0.183 e. The monoisotopic (exact) mass is 526 g/mol. The second-order valence-electron chi connectivity index (χ2n) is 6.92. The maximum Gasteiger partial charge on any atom is 0.183 e. The van der Waals surface area contributed by atoms with Crippen molar-refractivity contribution in [2.45, 2.75) is 20.5 Å². The summed E-state index contributed by atoms with van der Waals surface area (Å²) >= 11 is 5.27. The first-order valence-corrected chi connectivity index (χ1v) is 12.0. The van der Waals surface area contributed by atoms with Gasteiger partial charge in [-0.3, -0.25) is 0 Å². The number of ether oxygens (including phenoxy) is 1. The minimum absolute atomic E-state index is 0.415. The highest BCUT2D eigenvalue weighted by molar-refractivity contribution is 9.10. The fourth-order valence-corrected chi connectivity index (χ4v) is 4.83. The van der Waals surface area contributed by atoms with Crippen LogP contribution in [-0.4, -0.2) is 39.6 Å². The van der Waals surface area contributed by atoms with Gasteiger partial charge >= 0.3 is 0 Å². The van der Waals surface area contributed by atoms with Gasteiger partial charge < -0.3 is 20.2 Å². The van der Waals surface area contributed by atoms with E-state index in [0.717, 1.165) is 67.2 Å². The number of fused-ring (bicyclic) bond motifs is 3. The van der Waals surface area contributed by atoms with Crippen molar-refractivity contribution >= 4 is 44.5 Å². The summed E-state index contributed by atoms with van der Waals surface area (Å²) in [6.45, 7) is 4.73. The third-order valence-electron chi connectivity index (χ3n) is 4.80. The molecule has 8 nitrogen and oxygen atoms in total. The summed E-state index contributed by atoms with van der Waals surface area (Å²) in [6, 6.07) is 12.0. The molecule has 1 aliphatic rings. The van der Waals surface area contributed by atoms with Gasteiger partial charge in [-0.2, -0.15) is 5.10 Å². The largest absolute Gasteiger partial charge is 0.483 e. The molecule has 10 heteroatoms. The number of anilines is 2. The van der Waals surface area contributed by atoms with Gasteiger partial charge in [0.25, 0.3) is 0 Å². The first kappa shape index (κ1) is 22.9. The minimum Gasteiger partial charge on any atom is -0.483 e. The van der Waals surface area contributed by atoms with Crippen molar-refractivity contribution in [3.05, 3.63) is 52.8 Å². The molecule has 0 saturated carbocycles. The number of rotatable bonds is 5. The molecule has 170 valence electrons.